The highest BCUT2D eigenvalue weighted by Crippen LogP contribution is 2.20. The van der Waals surface area contributed by atoms with Gasteiger partial charge < -0.3 is 10.1 Å². The maximum atomic E-state index is 12.7. The van der Waals surface area contributed by atoms with Crippen molar-refractivity contribution in [1.29, 1.82) is 0 Å². The van der Waals surface area contributed by atoms with Crippen LogP contribution in [0.2, 0.25) is 0 Å². The maximum absolute atomic E-state index is 12.7. The smallest absolute Gasteiger partial charge is 0.255 e. The molecule has 0 aliphatic rings. The van der Waals surface area contributed by atoms with E-state index in [0.29, 0.717) is 22.5 Å². The minimum atomic E-state index is -0.198. The third-order valence-corrected chi connectivity index (χ3v) is 5.22. The number of ether oxygens (including phenoxy) is 1. The molecule has 0 radical (unpaired) electrons. The first-order valence-electron chi connectivity index (χ1n) is 10.6. The molecule has 0 aliphatic heterocycles. The van der Waals surface area contributed by atoms with Gasteiger partial charge in [0.2, 0.25) is 0 Å². The number of nitrogens with zero attached hydrogens (tertiary/aromatic N) is 3. The zero-order valence-electron chi connectivity index (χ0n) is 18.0. The van der Waals surface area contributed by atoms with Crippen LogP contribution >= 0.6 is 0 Å². The quantitative estimate of drug-likeness (QED) is 0.439. The lowest BCUT2D eigenvalue weighted by atomic mass is 10.2. The second kappa shape index (κ2) is 9.00. The van der Waals surface area contributed by atoms with Gasteiger partial charge in [0.05, 0.1) is 11.8 Å². The highest BCUT2D eigenvalue weighted by Gasteiger charge is 2.11. The third kappa shape index (κ3) is 4.74. The molecule has 1 N–H and O–H groups in total. The first-order valence-corrected chi connectivity index (χ1v) is 10.6. The van der Waals surface area contributed by atoms with Crippen molar-refractivity contribution in [1.82, 2.24) is 15.0 Å². The summed E-state index contributed by atoms with van der Waals surface area (Å²) >= 11 is 0. The monoisotopic (exact) mass is 414 g/mol. The van der Waals surface area contributed by atoms with Gasteiger partial charge in [-0.05, 0) is 73.9 Å². The number of aryl methyl sites for hydroxylation is 1. The largest absolute Gasteiger partial charge is 0.491 e. The Bertz CT molecular complexity index is 1200. The van der Waals surface area contributed by atoms with E-state index in [0.717, 1.165) is 24.0 Å². The fourth-order valence-electron chi connectivity index (χ4n) is 3.20. The van der Waals surface area contributed by atoms with Gasteiger partial charge in [-0.2, -0.15) is 4.80 Å². The third-order valence-electron chi connectivity index (χ3n) is 5.22. The minimum Gasteiger partial charge on any atom is -0.491 e. The normalized spacial score (nSPS) is 12.0. The molecular formula is C25H26N4O2. The zero-order chi connectivity index (χ0) is 21.8. The van der Waals surface area contributed by atoms with E-state index in [1.807, 2.05) is 49.4 Å². The summed E-state index contributed by atoms with van der Waals surface area (Å²) < 4.78 is 5.82. The van der Waals surface area contributed by atoms with Crippen molar-refractivity contribution in [3.63, 3.8) is 0 Å². The molecule has 158 valence electrons. The standard InChI is InChI=1S/C25H26N4O2/c1-4-17(3)31-22-8-6-7-19(15-22)25(30)26-20-11-14-23-24(16-20)28-29(27-23)21-12-9-18(5-2)10-13-21/h6-17H,4-5H2,1-3H3,(H,26,30)/t17-/m1/s1. The lowest BCUT2D eigenvalue weighted by molar-refractivity contribution is 0.102. The fourth-order valence-corrected chi connectivity index (χ4v) is 3.20. The van der Waals surface area contributed by atoms with Gasteiger partial charge in [-0.1, -0.05) is 32.0 Å². The Balaban J connectivity index is 1.52. The lowest BCUT2D eigenvalue weighted by Crippen LogP contribution is -2.13. The molecule has 1 amide bonds. The summed E-state index contributed by atoms with van der Waals surface area (Å²) in [7, 11) is 0. The van der Waals surface area contributed by atoms with Gasteiger partial charge in [0.25, 0.3) is 5.91 Å². The van der Waals surface area contributed by atoms with Crippen molar-refractivity contribution in [3.05, 3.63) is 77.9 Å². The number of rotatable bonds is 7. The van der Waals surface area contributed by atoms with E-state index in [9.17, 15) is 4.79 Å². The molecule has 0 unspecified atom stereocenters. The number of aromatic nitrogens is 3. The lowest BCUT2D eigenvalue weighted by Gasteiger charge is -2.13. The molecule has 0 spiro atoms. The molecule has 0 saturated heterocycles. The van der Waals surface area contributed by atoms with Crippen molar-refractivity contribution < 1.29 is 9.53 Å². The number of benzene rings is 3. The van der Waals surface area contributed by atoms with Crippen LogP contribution in [0.25, 0.3) is 16.7 Å². The highest BCUT2D eigenvalue weighted by molar-refractivity contribution is 6.05. The molecule has 0 aliphatic carbocycles. The second-order valence-corrected chi connectivity index (χ2v) is 7.53. The Morgan fingerprint density at radius 3 is 2.52 bits per heavy atom. The Morgan fingerprint density at radius 2 is 1.77 bits per heavy atom. The van der Waals surface area contributed by atoms with Gasteiger partial charge in [-0.3, -0.25) is 4.79 Å². The van der Waals surface area contributed by atoms with Gasteiger partial charge in [0.15, 0.2) is 0 Å². The maximum Gasteiger partial charge on any atom is 0.255 e. The Kier molecular flexibility index (Phi) is 5.98. The second-order valence-electron chi connectivity index (χ2n) is 7.53. The highest BCUT2D eigenvalue weighted by atomic mass is 16.5. The molecular weight excluding hydrogens is 388 g/mol. The number of amides is 1. The molecule has 6 heteroatoms. The van der Waals surface area contributed by atoms with Crippen LogP contribution in [-0.4, -0.2) is 27.0 Å². The first-order chi connectivity index (χ1) is 15.1. The van der Waals surface area contributed by atoms with E-state index >= 15 is 0 Å². The van der Waals surface area contributed by atoms with Crippen LogP contribution in [0, 0.1) is 0 Å². The van der Waals surface area contributed by atoms with Crippen molar-refractivity contribution >= 4 is 22.6 Å². The molecule has 0 saturated carbocycles. The van der Waals surface area contributed by atoms with Crippen molar-refractivity contribution in [3.8, 4) is 11.4 Å². The summed E-state index contributed by atoms with van der Waals surface area (Å²) in [6, 6.07) is 20.9. The summed E-state index contributed by atoms with van der Waals surface area (Å²) in [5.74, 6) is 0.492. The SMILES string of the molecule is CCc1ccc(-n2nc3ccc(NC(=O)c4cccc(O[C@H](C)CC)c4)cc3n2)cc1. The number of carbonyl (C=O) groups is 1. The predicted octanol–water partition coefficient (Wildman–Crippen LogP) is 5.41. The summed E-state index contributed by atoms with van der Waals surface area (Å²) in [6.45, 7) is 6.20. The molecule has 31 heavy (non-hydrogen) atoms. The van der Waals surface area contributed by atoms with Crippen LogP contribution in [-0.2, 0) is 6.42 Å². The van der Waals surface area contributed by atoms with E-state index in [2.05, 4.69) is 41.5 Å². The summed E-state index contributed by atoms with van der Waals surface area (Å²) in [5, 5.41) is 12.0. The van der Waals surface area contributed by atoms with Crippen LogP contribution in [0.4, 0.5) is 5.69 Å². The number of anilines is 1. The zero-order valence-corrected chi connectivity index (χ0v) is 18.0. The van der Waals surface area contributed by atoms with Gasteiger partial charge in [-0.15, -0.1) is 10.2 Å². The Hall–Kier alpha value is -3.67. The minimum absolute atomic E-state index is 0.0986. The number of nitrogens with one attached hydrogen (secondary N) is 1. The number of hydrogen-bond donors (Lipinski definition) is 1. The molecule has 0 fully saturated rings. The van der Waals surface area contributed by atoms with E-state index < -0.39 is 0 Å². The van der Waals surface area contributed by atoms with Gasteiger partial charge in [0, 0.05) is 11.3 Å². The molecule has 6 nitrogen and oxygen atoms in total. The van der Waals surface area contributed by atoms with E-state index in [1.54, 1.807) is 16.9 Å². The van der Waals surface area contributed by atoms with Gasteiger partial charge in [0.1, 0.15) is 16.8 Å². The Labute approximate surface area is 181 Å². The number of fused-ring (bicyclic) bond motifs is 1. The van der Waals surface area contributed by atoms with E-state index in [1.165, 1.54) is 5.56 Å². The van der Waals surface area contributed by atoms with E-state index in [4.69, 9.17) is 4.74 Å². The van der Waals surface area contributed by atoms with Crippen LogP contribution < -0.4 is 10.1 Å². The molecule has 0 bridgehead atoms. The Morgan fingerprint density at radius 1 is 1.00 bits per heavy atom. The summed E-state index contributed by atoms with van der Waals surface area (Å²) in [5.41, 5.74) is 4.86. The number of carbonyl (C=O) groups excluding carboxylic acids is 1. The average molecular weight is 415 g/mol. The van der Waals surface area contributed by atoms with Gasteiger partial charge >= 0.3 is 0 Å². The first kappa shape index (κ1) is 20.6. The van der Waals surface area contributed by atoms with Gasteiger partial charge in [-0.25, -0.2) is 0 Å². The predicted molar refractivity (Wildman–Crippen MR) is 123 cm³/mol. The van der Waals surface area contributed by atoms with Crippen LogP contribution in [0.3, 0.4) is 0 Å². The summed E-state index contributed by atoms with van der Waals surface area (Å²) in [6.07, 6.45) is 1.99. The number of hydrogen-bond acceptors (Lipinski definition) is 4. The molecule has 4 rings (SSSR count). The van der Waals surface area contributed by atoms with Crippen molar-refractivity contribution in [2.75, 3.05) is 5.32 Å². The molecule has 1 atom stereocenters. The van der Waals surface area contributed by atoms with Crippen LogP contribution in [0.1, 0.15) is 43.1 Å². The average Bonchev–Trinajstić information content (AvgIpc) is 3.22. The fraction of sp³-hybridized carbons (Fsp3) is 0.240. The van der Waals surface area contributed by atoms with E-state index in [-0.39, 0.29) is 12.0 Å². The topological polar surface area (TPSA) is 69.0 Å². The molecule has 4 aromatic rings. The van der Waals surface area contributed by atoms with Crippen molar-refractivity contribution in [2.45, 2.75) is 39.7 Å². The molecule has 3 aromatic carbocycles. The van der Waals surface area contributed by atoms with Crippen LogP contribution in [0.5, 0.6) is 5.75 Å². The molecule has 1 heterocycles. The van der Waals surface area contributed by atoms with Crippen molar-refractivity contribution in [2.24, 2.45) is 0 Å². The van der Waals surface area contributed by atoms with Crippen LogP contribution in [0.15, 0.2) is 66.7 Å². The molecule has 1 aromatic heterocycles. The summed E-state index contributed by atoms with van der Waals surface area (Å²) in [4.78, 5) is 14.4.